The molecule has 0 radical (unpaired) electrons. The number of nitrogens with two attached hydrogens (primary N) is 1. The third-order valence-electron chi connectivity index (χ3n) is 1.98. The van der Waals surface area contributed by atoms with Gasteiger partial charge in [0.25, 0.3) is 0 Å². The van der Waals surface area contributed by atoms with Crippen LogP contribution in [0.1, 0.15) is 12.5 Å². The van der Waals surface area contributed by atoms with Crippen molar-refractivity contribution in [3.8, 4) is 0 Å². The van der Waals surface area contributed by atoms with Gasteiger partial charge in [0.05, 0.1) is 5.92 Å². The van der Waals surface area contributed by atoms with E-state index in [1.165, 1.54) is 0 Å². The third-order valence-corrected chi connectivity index (χ3v) is 1.98. The number of benzene rings is 1. The number of carbonyl (C=O) groups is 1. The summed E-state index contributed by atoms with van der Waals surface area (Å²) in [6.45, 7) is 2.41. The Bertz CT molecular complexity index is 290. The Balaban J connectivity index is 0.00000196. The van der Waals surface area contributed by atoms with Gasteiger partial charge in [0.1, 0.15) is 6.61 Å². The van der Waals surface area contributed by atoms with Gasteiger partial charge in [0.2, 0.25) is 0 Å². The summed E-state index contributed by atoms with van der Waals surface area (Å²) < 4.78 is 5.06. The van der Waals surface area contributed by atoms with Gasteiger partial charge in [-0.3, -0.25) is 4.79 Å². The average molecular weight is 230 g/mol. The number of hydrogen-bond donors (Lipinski definition) is 1. The molecule has 0 aliphatic rings. The average Bonchev–Trinajstić information content (AvgIpc) is 2.26. The van der Waals surface area contributed by atoms with E-state index in [-0.39, 0.29) is 24.3 Å². The van der Waals surface area contributed by atoms with E-state index in [9.17, 15) is 4.79 Å². The normalized spacial score (nSPS) is 11.3. The molecule has 0 fully saturated rings. The number of ether oxygens (including phenoxy) is 1. The molecule has 84 valence electrons. The maximum Gasteiger partial charge on any atom is 0.310 e. The fourth-order valence-corrected chi connectivity index (χ4v) is 0.967. The van der Waals surface area contributed by atoms with E-state index in [4.69, 9.17) is 10.5 Å². The molecule has 2 N–H and O–H groups in total. The van der Waals surface area contributed by atoms with Crippen molar-refractivity contribution >= 4 is 18.4 Å². The molecule has 3 nitrogen and oxygen atoms in total. The van der Waals surface area contributed by atoms with E-state index in [0.717, 1.165) is 5.56 Å². The van der Waals surface area contributed by atoms with Crippen LogP contribution in [0, 0.1) is 5.92 Å². The second-order valence-electron chi connectivity index (χ2n) is 3.23. The van der Waals surface area contributed by atoms with Gasteiger partial charge >= 0.3 is 5.97 Å². The Hall–Kier alpha value is -1.06. The highest BCUT2D eigenvalue weighted by Crippen LogP contribution is 2.03. The zero-order chi connectivity index (χ0) is 10.4. The fraction of sp³-hybridized carbons (Fsp3) is 0.364. The maximum atomic E-state index is 11.2. The van der Waals surface area contributed by atoms with Crippen molar-refractivity contribution in [1.82, 2.24) is 0 Å². The van der Waals surface area contributed by atoms with Gasteiger partial charge in [0, 0.05) is 6.54 Å². The Morgan fingerprint density at radius 2 is 2.00 bits per heavy atom. The summed E-state index contributed by atoms with van der Waals surface area (Å²) in [4.78, 5) is 11.2. The lowest BCUT2D eigenvalue weighted by atomic mass is 10.2. The summed E-state index contributed by atoms with van der Waals surface area (Å²) in [6, 6.07) is 9.58. The van der Waals surface area contributed by atoms with E-state index < -0.39 is 0 Å². The summed E-state index contributed by atoms with van der Waals surface area (Å²) in [5.74, 6) is -0.463. The van der Waals surface area contributed by atoms with Gasteiger partial charge in [0.15, 0.2) is 0 Å². The first kappa shape index (κ1) is 13.9. The number of esters is 1. The summed E-state index contributed by atoms with van der Waals surface area (Å²) in [5, 5.41) is 0. The number of hydrogen-bond acceptors (Lipinski definition) is 3. The Labute approximate surface area is 96.0 Å². The maximum absolute atomic E-state index is 11.2. The van der Waals surface area contributed by atoms with Gasteiger partial charge in [-0.15, -0.1) is 12.4 Å². The van der Waals surface area contributed by atoms with Crippen LogP contribution in [0.4, 0.5) is 0 Å². The standard InChI is InChI=1S/C11H15NO2.ClH/c1-9(7-12)11(13)14-8-10-5-3-2-4-6-10;/h2-6,9H,7-8,12H2,1H3;1H. The molecule has 0 aliphatic carbocycles. The van der Waals surface area contributed by atoms with Gasteiger partial charge in [-0.05, 0) is 5.56 Å². The monoisotopic (exact) mass is 229 g/mol. The molecule has 1 rings (SSSR count). The highest BCUT2D eigenvalue weighted by molar-refractivity contribution is 5.85. The summed E-state index contributed by atoms with van der Waals surface area (Å²) in [5.41, 5.74) is 6.33. The first-order valence-electron chi connectivity index (χ1n) is 4.64. The molecule has 0 saturated heterocycles. The molecule has 0 bridgehead atoms. The molecule has 0 aliphatic heterocycles. The van der Waals surface area contributed by atoms with Crippen molar-refractivity contribution in [3.63, 3.8) is 0 Å². The minimum Gasteiger partial charge on any atom is -0.461 e. The first-order valence-corrected chi connectivity index (χ1v) is 4.64. The molecule has 1 aromatic carbocycles. The highest BCUT2D eigenvalue weighted by atomic mass is 35.5. The Morgan fingerprint density at radius 3 is 2.53 bits per heavy atom. The first-order chi connectivity index (χ1) is 6.74. The molecule has 4 heteroatoms. The van der Waals surface area contributed by atoms with Crippen LogP contribution in [0.2, 0.25) is 0 Å². The molecule has 0 spiro atoms. The molecular weight excluding hydrogens is 214 g/mol. The van der Waals surface area contributed by atoms with Gasteiger partial charge in [-0.25, -0.2) is 0 Å². The molecule has 0 aromatic heterocycles. The smallest absolute Gasteiger partial charge is 0.310 e. The summed E-state index contributed by atoms with van der Waals surface area (Å²) in [6.07, 6.45) is 0. The van der Waals surface area contributed by atoms with Crippen LogP contribution in [0.3, 0.4) is 0 Å². The Kier molecular flexibility index (Phi) is 6.75. The Morgan fingerprint density at radius 1 is 1.40 bits per heavy atom. The van der Waals surface area contributed by atoms with E-state index in [2.05, 4.69) is 0 Å². The van der Waals surface area contributed by atoms with Crippen LogP contribution in [0.25, 0.3) is 0 Å². The third kappa shape index (κ3) is 4.81. The lowest BCUT2D eigenvalue weighted by molar-refractivity contribution is -0.148. The number of rotatable bonds is 4. The van der Waals surface area contributed by atoms with Crippen molar-refractivity contribution in [2.75, 3.05) is 6.54 Å². The largest absolute Gasteiger partial charge is 0.461 e. The lowest BCUT2D eigenvalue weighted by Crippen LogP contribution is -2.22. The van der Waals surface area contributed by atoms with E-state index >= 15 is 0 Å². The minimum absolute atomic E-state index is 0. The predicted molar refractivity (Wildman–Crippen MR) is 61.7 cm³/mol. The molecular formula is C11H16ClNO2. The van der Waals surface area contributed by atoms with Gasteiger partial charge in [-0.1, -0.05) is 37.3 Å². The minimum atomic E-state index is -0.239. The molecule has 1 aromatic rings. The fourth-order valence-electron chi connectivity index (χ4n) is 0.967. The SMILES string of the molecule is CC(CN)C(=O)OCc1ccccc1.Cl. The lowest BCUT2D eigenvalue weighted by Gasteiger charge is -2.08. The summed E-state index contributed by atoms with van der Waals surface area (Å²) >= 11 is 0. The number of carbonyl (C=O) groups excluding carboxylic acids is 1. The topological polar surface area (TPSA) is 52.3 Å². The second kappa shape index (κ2) is 7.26. The highest BCUT2D eigenvalue weighted by Gasteiger charge is 2.11. The van der Waals surface area contributed by atoms with Crippen LogP contribution in [0.5, 0.6) is 0 Å². The molecule has 0 heterocycles. The zero-order valence-electron chi connectivity index (χ0n) is 8.68. The molecule has 0 amide bonds. The van der Waals surface area contributed by atoms with Crippen LogP contribution in [-0.2, 0) is 16.1 Å². The molecule has 0 saturated carbocycles. The van der Waals surface area contributed by atoms with E-state index in [1.54, 1.807) is 6.92 Å². The van der Waals surface area contributed by atoms with Crippen molar-refractivity contribution in [2.24, 2.45) is 11.7 Å². The van der Waals surface area contributed by atoms with Crippen molar-refractivity contribution in [3.05, 3.63) is 35.9 Å². The zero-order valence-corrected chi connectivity index (χ0v) is 9.50. The van der Waals surface area contributed by atoms with Gasteiger partial charge in [-0.2, -0.15) is 0 Å². The van der Waals surface area contributed by atoms with Gasteiger partial charge < -0.3 is 10.5 Å². The number of halogens is 1. The van der Waals surface area contributed by atoms with Crippen LogP contribution in [-0.4, -0.2) is 12.5 Å². The summed E-state index contributed by atoms with van der Waals surface area (Å²) in [7, 11) is 0. The molecule has 1 unspecified atom stereocenters. The van der Waals surface area contributed by atoms with Crippen LogP contribution >= 0.6 is 12.4 Å². The van der Waals surface area contributed by atoms with Crippen molar-refractivity contribution < 1.29 is 9.53 Å². The predicted octanol–water partition coefficient (Wildman–Crippen LogP) is 1.75. The van der Waals surface area contributed by atoms with Crippen LogP contribution < -0.4 is 5.73 Å². The van der Waals surface area contributed by atoms with Crippen LogP contribution in [0.15, 0.2) is 30.3 Å². The molecule has 1 atom stereocenters. The van der Waals surface area contributed by atoms with E-state index in [0.29, 0.717) is 13.2 Å². The quantitative estimate of drug-likeness (QED) is 0.801. The van der Waals surface area contributed by atoms with Crippen molar-refractivity contribution in [2.45, 2.75) is 13.5 Å². The van der Waals surface area contributed by atoms with Crippen molar-refractivity contribution in [1.29, 1.82) is 0 Å². The van der Waals surface area contributed by atoms with E-state index in [1.807, 2.05) is 30.3 Å². The second-order valence-corrected chi connectivity index (χ2v) is 3.23. The molecule has 15 heavy (non-hydrogen) atoms.